The average molecular weight is 256 g/mol. The van der Waals surface area contributed by atoms with Crippen molar-refractivity contribution in [3.8, 4) is 0 Å². The molecule has 1 N–H and O–H groups in total. The summed E-state index contributed by atoms with van der Waals surface area (Å²) in [5.74, 6) is -1.09. The summed E-state index contributed by atoms with van der Waals surface area (Å²) in [5, 5.41) is 13.9. The quantitative estimate of drug-likeness (QED) is 0.782. The van der Waals surface area contributed by atoms with Crippen molar-refractivity contribution in [1.82, 2.24) is 9.78 Å². The van der Waals surface area contributed by atoms with Gasteiger partial charge in [0, 0.05) is 11.6 Å². The zero-order valence-corrected chi connectivity index (χ0v) is 10.3. The van der Waals surface area contributed by atoms with Crippen molar-refractivity contribution in [2.75, 3.05) is 0 Å². The molecule has 96 valence electrons. The molecule has 0 bridgehead atoms. The summed E-state index contributed by atoms with van der Waals surface area (Å²) in [6.07, 6.45) is 3.77. The number of carboxylic acids is 1. The molecule has 5 heteroatoms. The first-order chi connectivity index (χ1) is 9.11. The molecule has 0 aliphatic carbocycles. The van der Waals surface area contributed by atoms with Crippen LogP contribution < -0.4 is 0 Å². The van der Waals surface area contributed by atoms with E-state index < -0.39 is 5.97 Å². The topological polar surface area (TPSA) is 68.3 Å². The van der Waals surface area contributed by atoms with Gasteiger partial charge in [-0.05, 0) is 36.2 Å². The Morgan fingerprint density at radius 1 is 1.42 bits per heavy atom. The predicted octanol–water partition coefficient (Wildman–Crippen LogP) is 2.68. The molecule has 2 aromatic heterocycles. The van der Waals surface area contributed by atoms with Crippen LogP contribution in [0.1, 0.15) is 21.7 Å². The second-order valence-electron chi connectivity index (χ2n) is 4.50. The van der Waals surface area contributed by atoms with E-state index in [-0.39, 0.29) is 5.76 Å². The van der Waals surface area contributed by atoms with Crippen molar-refractivity contribution in [2.24, 2.45) is 0 Å². The third-order valence-electron chi connectivity index (χ3n) is 2.90. The molecule has 0 saturated heterocycles. The number of carboxylic acid groups (broad SMARTS) is 1. The lowest BCUT2D eigenvalue weighted by atomic mass is 10.1. The number of nitrogens with zero attached hydrogens (tertiary/aromatic N) is 2. The molecule has 5 nitrogen and oxygen atoms in total. The number of carbonyl (C=O) groups is 1. The number of rotatable bonds is 3. The normalized spacial score (nSPS) is 11.0. The van der Waals surface area contributed by atoms with Crippen LogP contribution in [0.25, 0.3) is 11.0 Å². The van der Waals surface area contributed by atoms with Crippen LogP contribution in [0.15, 0.2) is 41.1 Å². The van der Waals surface area contributed by atoms with E-state index in [9.17, 15) is 4.79 Å². The van der Waals surface area contributed by atoms with Gasteiger partial charge in [-0.3, -0.25) is 4.68 Å². The Hall–Kier alpha value is -2.56. The molecule has 0 aliphatic heterocycles. The Morgan fingerprint density at radius 3 is 2.95 bits per heavy atom. The van der Waals surface area contributed by atoms with Crippen molar-refractivity contribution in [2.45, 2.75) is 13.5 Å². The summed E-state index contributed by atoms with van der Waals surface area (Å²) in [6.45, 7) is 2.64. The summed E-state index contributed by atoms with van der Waals surface area (Å²) in [7, 11) is 0. The SMILES string of the molecule is Cc1cnn(Cc2ccc3oc(C(=O)O)cc3c2)c1. The first-order valence-corrected chi connectivity index (χ1v) is 5.86. The van der Waals surface area contributed by atoms with E-state index in [1.165, 1.54) is 6.07 Å². The van der Waals surface area contributed by atoms with E-state index in [1.807, 2.05) is 29.9 Å². The van der Waals surface area contributed by atoms with Crippen molar-refractivity contribution in [3.05, 3.63) is 53.5 Å². The van der Waals surface area contributed by atoms with Gasteiger partial charge in [-0.1, -0.05) is 6.07 Å². The third-order valence-corrected chi connectivity index (χ3v) is 2.90. The summed E-state index contributed by atoms with van der Waals surface area (Å²) in [4.78, 5) is 10.8. The minimum absolute atomic E-state index is 0.0397. The molecule has 1 aromatic carbocycles. The smallest absolute Gasteiger partial charge is 0.371 e. The highest BCUT2D eigenvalue weighted by molar-refractivity contribution is 5.91. The van der Waals surface area contributed by atoms with Crippen LogP contribution in [0.2, 0.25) is 0 Å². The Kier molecular flexibility index (Phi) is 2.59. The van der Waals surface area contributed by atoms with Gasteiger partial charge in [0.05, 0.1) is 12.7 Å². The van der Waals surface area contributed by atoms with E-state index in [0.717, 1.165) is 16.5 Å². The fourth-order valence-electron chi connectivity index (χ4n) is 2.04. The zero-order valence-electron chi connectivity index (χ0n) is 10.3. The Labute approximate surface area is 109 Å². The Bertz CT molecular complexity index is 755. The summed E-state index contributed by atoms with van der Waals surface area (Å²) in [5.41, 5.74) is 2.74. The van der Waals surface area contributed by atoms with E-state index in [4.69, 9.17) is 9.52 Å². The zero-order chi connectivity index (χ0) is 13.4. The average Bonchev–Trinajstić information content (AvgIpc) is 2.95. The summed E-state index contributed by atoms with van der Waals surface area (Å²) >= 11 is 0. The van der Waals surface area contributed by atoms with Gasteiger partial charge < -0.3 is 9.52 Å². The van der Waals surface area contributed by atoms with Gasteiger partial charge in [0.2, 0.25) is 5.76 Å². The number of aromatic carboxylic acids is 1. The van der Waals surface area contributed by atoms with Crippen molar-refractivity contribution in [1.29, 1.82) is 0 Å². The molecule has 0 spiro atoms. The number of hydrogen-bond donors (Lipinski definition) is 1. The number of furan rings is 1. The lowest BCUT2D eigenvalue weighted by Gasteiger charge is -2.01. The lowest BCUT2D eigenvalue weighted by Crippen LogP contribution is -1.99. The predicted molar refractivity (Wildman–Crippen MR) is 69.2 cm³/mol. The van der Waals surface area contributed by atoms with E-state index in [0.29, 0.717) is 12.1 Å². The molecular formula is C14H12N2O3. The van der Waals surface area contributed by atoms with Crippen LogP contribution in [0, 0.1) is 6.92 Å². The van der Waals surface area contributed by atoms with Crippen molar-refractivity contribution < 1.29 is 14.3 Å². The van der Waals surface area contributed by atoms with Gasteiger partial charge in [-0.25, -0.2) is 4.79 Å². The number of hydrogen-bond acceptors (Lipinski definition) is 3. The monoisotopic (exact) mass is 256 g/mol. The fourth-order valence-corrected chi connectivity index (χ4v) is 2.04. The number of aryl methyl sites for hydroxylation is 1. The molecule has 0 radical (unpaired) electrons. The van der Waals surface area contributed by atoms with E-state index >= 15 is 0 Å². The molecule has 0 atom stereocenters. The largest absolute Gasteiger partial charge is 0.475 e. The van der Waals surface area contributed by atoms with Crippen LogP contribution >= 0.6 is 0 Å². The van der Waals surface area contributed by atoms with Gasteiger partial charge in [0.1, 0.15) is 5.58 Å². The third kappa shape index (κ3) is 2.22. The highest BCUT2D eigenvalue weighted by atomic mass is 16.4. The lowest BCUT2D eigenvalue weighted by molar-refractivity contribution is 0.0665. The molecule has 19 heavy (non-hydrogen) atoms. The van der Waals surface area contributed by atoms with Gasteiger partial charge >= 0.3 is 5.97 Å². The maximum atomic E-state index is 10.8. The minimum Gasteiger partial charge on any atom is -0.475 e. The van der Waals surface area contributed by atoms with Crippen molar-refractivity contribution in [3.63, 3.8) is 0 Å². The molecule has 0 aliphatic rings. The number of fused-ring (bicyclic) bond motifs is 1. The molecule has 3 aromatic rings. The van der Waals surface area contributed by atoms with Crippen LogP contribution in [0.3, 0.4) is 0 Å². The van der Waals surface area contributed by atoms with Gasteiger partial charge in [0.25, 0.3) is 0 Å². The number of aromatic nitrogens is 2. The summed E-state index contributed by atoms with van der Waals surface area (Å²) in [6, 6.07) is 7.15. The second-order valence-corrected chi connectivity index (χ2v) is 4.50. The van der Waals surface area contributed by atoms with Crippen molar-refractivity contribution >= 4 is 16.9 Å². The second kappa shape index (κ2) is 4.28. The van der Waals surface area contributed by atoms with Gasteiger partial charge in [0.15, 0.2) is 0 Å². The molecule has 0 unspecified atom stereocenters. The Balaban J connectivity index is 1.94. The molecule has 0 fully saturated rings. The van der Waals surface area contributed by atoms with Crippen LogP contribution in [0.5, 0.6) is 0 Å². The highest BCUT2D eigenvalue weighted by Crippen LogP contribution is 2.21. The van der Waals surface area contributed by atoms with E-state index in [2.05, 4.69) is 5.10 Å². The molecule has 2 heterocycles. The van der Waals surface area contributed by atoms with Crippen LogP contribution in [-0.2, 0) is 6.54 Å². The number of benzene rings is 1. The fraction of sp³-hybridized carbons (Fsp3) is 0.143. The molecular weight excluding hydrogens is 244 g/mol. The molecule has 3 rings (SSSR count). The van der Waals surface area contributed by atoms with E-state index in [1.54, 1.807) is 12.3 Å². The molecule has 0 saturated carbocycles. The van der Waals surface area contributed by atoms with Crippen LogP contribution in [-0.4, -0.2) is 20.9 Å². The van der Waals surface area contributed by atoms with Crippen LogP contribution in [0.4, 0.5) is 0 Å². The summed E-state index contributed by atoms with van der Waals surface area (Å²) < 4.78 is 7.06. The minimum atomic E-state index is -1.06. The first kappa shape index (κ1) is 11.5. The van der Waals surface area contributed by atoms with Gasteiger partial charge in [-0.2, -0.15) is 5.10 Å². The maximum absolute atomic E-state index is 10.8. The standard InChI is InChI=1S/C14H12N2O3/c1-9-6-15-16(7-9)8-10-2-3-12-11(4-10)5-13(19-12)14(17)18/h2-7H,8H2,1H3,(H,17,18). The first-order valence-electron chi connectivity index (χ1n) is 5.86. The molecule has 0 amide bonds. The maximum Gasteiger partial charge on any atom is 0.371 e. The van der Waals surface area contributed by atoms with Gasteiger partial charge in [-0.15, -0.1) is 0 Å². The highest BCUT2D eigenvalue weighted by Gasteiger charge is 2.10. The Morgan fingerprint density at radius 2 is 2.26 bits per heavy atom.